The number of hydrogen-bond acceptors (Lipinski definition) is 5. The normalized spacial score (nSPS) is 21.4. The molecule has 1 saturated carbocycles. The zero-order valence-corrected chi connectivity index (χ0v) is 14.4. The summed E-state index contributed by atoms with van der Waals surface area (Å²) < 4.78 is 46.7. The first-order valence-corrected chi connectivity index (χ1v) is 9.34. The Morgan fingerprint density at radius 1 is 1.28 bits per heavy atom. The Morgan fingerprint density at radius 3 is 2.56 bits per heavy atom. The number of rotatable bonds is 6. The van der Waals surface area contributed by atoms with Crippen LogP contribution in [-0.4, -0.2) is 31.7 Å². The lowest BCUT2D eigenvalue weighted by Gasteiger charge is -2.38. The first kappa shape index (κ1) is 17.8. The van der Waals surface area contributed by atoms with E-state index < -0.39 is 32.9 Å². The number of pyridine rings is 1. The maximum atomic E-state index is 13.9. The molecular formula is C17H19FN2O4S. The van der Waals surface area contributed by atoms with Crippen molar-refractivity contribution < 1.29 is 22.7 Å². The van der Waals surface area contributed by atoms with Gasteiger partial charge in [-0.1, -0.05) is 18.2 Å². The van der Waals surface area contributed by atoms with Crippen molar-refractivity contribution in [1.82, 2.24) is 9.71 Å². The highest BCUT2D eigenvalue weighted by Crippen LogP contribution is 2.39. The number of aliphatic hydroxyl groups is 1. The summed E-state index contributed by atoms with van der Waals surface area (Å²) in [6.07, 6.45) is 2.02. The number of nitrogens with zero attached hydrogens (tertiary/aromatic N) is 1. The largest absolute Gasteiger partial charge is 0.481 e. The highest BCUT2D eigenvalue weighted by atomic mass is 32.2. The molecule has 0 radical (unpaired) electrons. The number of benzene rings is 1. The van der Waals surface area contributed by atoms with Gasteiger partial charge in [-0.2, -0.15) is 0 Å². The molecule has 1 heterocycles. The van der Waals surface area contributed by atoms with Gasteiger partial charge in [-0.25, -0.2) is 22.5 Å². The second-order valence-corrected chi connectivity index (χ2v) is 7.73. The van der Waals surface area contributed by atoms with Crippen LogP contribution < -0.4 is 9.46 Å². The zero-order valence-electron chi connectivity index (χ0n) is 13.6. The second kappa shape index (κ2) is 7.07. The second-order valence-electron chi connectivity index (χ2n) is 6.05. The molecule has 0 bridgehead atoms. The van der Waals surface area contributed by atoms with Crippen LogP contribution in [0.25, 0.3) is 0 Å². The summed E-state index contributed by atoms with van der Waals surface area (Å²) in [5, 5.41) is 9.58. The van der Waals surface area contributed by atoms with Gasteiger partial charge in [-0.15, -0.1) is 0 Å². The van der Waals surface area contributed by atoms with E-state index in [-0.39, 0.29) is 5.92 Å². The Labute approximate surface area is 145 Å². The van der Waals surface area contributed by atoms with Crippen molar-refractivity contribution in [2.45, 2.75) is 29.9 Å². The van der Waals surface area contributed by atoms with Crippen LogP contribution in [0.15, 0.2) is 47.5 Å². The van der Waals surface area contributed by atoms with Crippen LogP contribution in [0.4, 0.5) is 4.39 Å². The Morgan fingerprint density at radius 2 is 2.00 bits per heavy atom. The van der Waals surface area contributed by atoms with Crippen molar-refractivity contribution in [2.24, 2.45) is 5.92 Å². The summed E-state index contributed by atoms with van der Waals surface area (Å²) in [6, 6.07) is 7.96. The van der Waals surface area contributed by atoms with Crippen LogP contribution in [0.5, 0.6) is 5.88 Å². The van der Waals surface area contributed by atoms with Crippen molar-refractivity contribution in [3.05, 3.63) is 54.0 Å². The maximum absolute atomic E-state index is 13.9. The number of hydrogen-bond donors (Lipinski definition) is 2. The molecule has 0 spiro atoms. The van der Waals surface area contributed by atoms with Crippen molar-refractivity contribution in [2.75, 3.05) is 7.11 Å². The van der Waals surface area contributed by atoms with Gasteiger partial charge >= 0.3 is 0 Å². The third kappa shape index (κ3) is 3.81. The molecule has 0 aliphatic heterocycles. The average Bonchev–Trinajstić information content (AvgIpc) is 2.57. The van der Waals surface area contributed by atoms with Gasteiger partial charge in [-0.05, 0) is 36.5 Å². The fourth-order valence-corrected chi connectivity index (χ4v) is 4.30. The minimum atomic E-state index is -4.06. The molecule has 1 aliphatic rings. The molecule has 6 nitrogen and oxygen atoms in total. The number of sulfonamides is 1. The first-order valence-electron chi connectivity index (χ1n) is 7.85. The summed E-state index contributed by atoms with van der Waals surface area (Å²) >= 11 is 0. The molecule has 134 valence electrons. The van der Waals surface area contributed by atoms with E-state index in [1.54, 1.807) is 12.1 Å². The number of ether oxygens (including phenoxy) is 1. The number of aromatic nitrogens is 1. The number of nitrogens with one attached hydrogen (secondary N) is 1. The summed E-state index contributed by atoms with van der Waals surface area (Å²) in [5.74, 6) is -0.491. The first-order chi connectivity index (χ1) is 11.9. The SMILES string of the molecule is COc1ccc(C(NS(=O)(=O)c2ccccc2F)C2CC(O)C2)cn1. The number of aliphatic hydroxyl groups excluding tert-OH is 1. The molecule has 8 heteroatoms. The molecule has 0 saturated heterocycles. The van der Waals surface area contributed by atoms with Crippen LogP contribution in [0.2, 0.25) is 0 Å². The Balaban J connectivity index is 1.91. The van der Waals surface area contributed by atoms with Crippen molar-refractivity contribution in [3.8, 4) is 5.88 Å². The van der Waals surface area contributed by atoms with Gasteiger partial charge in [-0.3, -0.25) is 0 Å². The molecule has 0 amide bonds. The van der Waals surface area contributed by atoms with Gasteiger partial charge in [0, 0.05) is 12.3 Å². The minimum absolute atomic E-state index is 0.0910. The predicted octanol–water partition coefficient (Wildman–Crippen LogP) is 2.02. The van der Waals surface area contributed by atoms with E-state index in [1.807, 2.05) is 0 Å². The summed E-state index contributed by atoms with van der Waals surface area (Å²) in [6.45, 7) is 0. The summed E-state index contributed by atoms with van der Waals surface area (Å²) in [4.78, 5) is 3.70. The smallest absolute Gasteiger partial charge is 0.244 e. The fraction of sp³-hybridized carbons (Fsp3) is 0.353. The molecule has 1 aromatic heterocycles. The van der Waals surface area contributed by atoms with E-state index in [0.717, 1.165) is 6.07 Å². The van der Waals surface area contributed by atoms with Gasteiger partial charge in [0.25, 0.3) is 0 Å². The average molecular weight is 366 g/mol. The Kier molecular flexibility index (Phi) is 5.03. The molecule has 25 heavy (non-hydrogen) atoms. The van der Waals surface area contributed by atoms with E-state index in [4.69, 9.17) is 4.74 Å². The lowest BCUT2D eigenvalue weighted by Crippen LogP contribution is -2.41. The quantitative estimate of drug-likeness (QED) is 0.817. The lowest BCUT2D eigenvalue weighted by molar-refractivity contribution is 0.0279. The van der Waals surface area contributed by atoms with E-state index in [9.17, 15) is 17.9 Å². The maximum Gasteiger partial charge on any atom is 0.244 e. The van der Waals surface area contributed by atoms with E-state index in [1.165, 1.54) is 31.5 Å². The third-order valence-corrected chi connectivity index (χ3v) is 5.83. The zero-order chi connectivity index (χ0) is 18.0. The topological polar surface area (TPSA) is 88.5 Å². The van der Waals surface area contributed by atoms with E-state index >= 15 is 0 Å². The lowest BCUT2D eigenvalue weighted by atomic mass is 9.76. The van der Waals surface area contributed by atoms with Gasteiger partial charge in [0.05, 0.1) is 19.3 Å². The molecule has 1 unspecified atom stereocenters. The van der Waals surface area contributed by atoms with E-state index in [0.29, 0.717) is 24.3 Å². The minimum Gasteiger partial charge on any atom is -0.481 e. The monoisotopic (exact) mass is 366 g/mol. The molecule has 2 aromatic rings. The Bertz CT molecular complexity index is 836. The van der Waals surface area contributed by atoms with Crippen LogP contribution >= 0.6 is 0 Å². The van der Waals surface area contributed by atoms with Crippen LogP contribution in [0.3, 0.4) is 0 Å². The fourth-order valence-electron chi connectivity index (χ4n) is 2.93. The highest BCUT2D eigenvalue weighted by molar-refractivity contribution is 7.89. The molecular weight excluding hydrogens is 347 g/mol. The summed E-state index contributed by atoms with van der Waals surface area (Å²) in [7, 11) is -2.57. The molecule has 1 aromatic carbocycles. The van der Waals surface area contributed by atoms with Crippen LogP contribution in [-0.2, 0) is 10.0 Å². The van der Waals surface area contributed by atoms with Gasteiger partial charge in [0.2, 0.25) is 15.9 Å². The van der Waals surface area contributed by atoms with Crippen molar-refractivity contribution in [3.63, 3.8) is 0 Å². The standard InChI is InChI=1S/C17H19FN2O4S/c1-24-16-7-6-11(10-19-16)17(12-8-13(21)9-12)20-25(22,23)15-5-3-2-4-14(15)18/h2-7,10,12-13,17,20-21H,8-9H2,1H3. The predicted molar refractivity (Wildman–Crippen MR) is 89.0 cm³/mol. The van der Waals surface area contributed by atoms with Crippen molar-refractivity contribution in [1.29, 1.82) is 0 Å². The van der Waals surface area contributed by atoms with Gasteiger partial charge in [0.15, 0.2) is 0 Å². The molecule has 1 aliphatic carbocycles. The van der Waals surface area contributed by atoms with Crippen LogP contribution in [0.1, 0.15) is 24.4 Å². The highest BCUT2D eigenvalue weighted by Gasteiger charge is 2.37. The van der Waals surface area contributed by atoms with Gasteiger partial charge in [0.1, 0.15) is 10.7 Å². The van der Waals surface area contributed by atoms with Crippen molar-refractivity contribution >= 4 is 10.0 Å². The van der Waals surface area contributed by atoms with Gasteiger partial charge < -0.3 is 9.84 Å². The van der Waals surface area contributed by atoms with Crippen LogP contribution in [0, 0.1) is 11.7 Å². The Hall–Kier alpha value is -2.03. The molecule has 1 fully saturated rings. The molecule has 2 N–H and O–H groups in total. The number of halogens is 1. The number of methoxy groups -OCH3 is 1. The third-order valence-electron chi connectivity index (χ3n) is 4.36. The molecule has 3 rings (SSSR count). The van der Waals surface area contributed by atoms with E-state index in [2.05, 4.69) is 9.71 Å². The molecule has 1 atom stereocenters. The summed E-state index contributed by atoms with van der Waals surface area (Å²) in [5.41, 5.74) is 0.637.